The van der Waals surface area contributed by atoms with E-state index in [1.165, 1.54) is 21.5 Å². The van der Waals surface area contributed by atoms with Gasteiger partial charge in [-0.3, -0.25) is 0 Å². The lowest BCUT2D eigenvalue weighted by Crippen LogP contribution is -2.30. The lowest BCUT2D eigenvalue weighted by Gasteiger charge is -2.42. The molecule has 8 aromatic carbocycles. The van der Waals surface area contributed by atoms with Gasteiger partial charge in [-0.15, -0.1) is 0 Å². The summed E-state index contributed by atoms with van der Waals surface area (Å²) in [6.45, 7) is 4.12. The molecule has 0 aromatic heterocycles. The van der Waals surface area contributed by atoms with Gasteiger partial charge in [0.2, 0.25) is 0 Å². The van der Waals surface area contributed by atoms with E-state index in [2.05, 4.69) is 146 Å². The third kappa shape index (κ3) is 4.96. The Bertz CT molecular complexity index is 2630. The first kappa shape index (κ1) is 25.0. The van der Waals surface area contributed by atoms with Crippen molar-refractivity contribution in [2.24, 2.45) is 0 Å². The van der Waals surface area contributed by atoms with Crippen molar-refractivity contribution >= 4 is 55.7 Å². The van der Waals surface area contributed by atoms with Crippen LogP contribution in [0.1, 0.15) is 30.5 Å². The Kier molecular flexibility index (Phi) is 5.88. The predicted octanol–water partition coefficient (Wildman–Crippen LogP) is 13.2. The van der Waals surface area contributed by atoms with Crippen LogP contribution in [0.3, 0.4) is 0 Å². The average Bonchev–Trinajstić information content (AvgIpc) is 3.19. The maximum absolute atomic E-state index is 9.05. The molecule has 0 saturated heterocycles. The van der Waals surface area contributed by atoms with E-state index in [0.29, 0.717) is 11.3 Å². The van der Waals surface area contributed by atoms with E-state index in [-0.39, 0.29) is 24.2 Å². The number of para-hydroxylation sites is 2. The van der Waals surface area contributed by atoms with Gasteiger partial charge in [0, 0.05) is 28.2 Å². The molecule has 0 fully saturated rings. The molecule has 1 aliphatic rings. The zero-order valence-electron chi connectivity index (χ0n) is 31.4. The van der Waals surface area contributed by atoms with Gasteiger partial charge in [-0.2, -0.15) is 0 Å². The predicted molar refractivity (Wildman–Crippen MR) is 208 cm³/mol. The van der Waals surface area contributed by atoms with Crippen LogP contribution in [-0.4, -0.2) is 0 Å². The number of rotatable bonds is 5. The molecule has 0 spiro atoms. The second-order valence-electron chi connectivity index (χ2n) is 13.2. The van der Waals surface area contributed by atoms with Crippen molar-refractivity contribution < 1.29 is 5.48 Å². The molecule has 0 atom stereocenters. The van der Waals surface area contributed by atoms with Gasteiger partial charge >= 0.3 is 0 Å². The highest BCUT2D eigenvalue weighted by Crippen LogP contribution is 2.52. The van der Waals surface area contributed by atoms with Gasteiger partial charge in [0.15, 0.2) is 0 Å². The maximum atomic E-state index is 9.05. The number of hydrogen-bond acceptors (Lipinski definition) is 2. The van der Waals surface area contributed by atoms with Crippen molar-refractivity contribution in [3.63, 3.8) is 0 Å². The fourth-order valence-electron chi connectivity index (χ4n) is 7.32. The molecule has 0 unspecified atom stereocenters. The molecule has 49 heavy (non-hydrogen) atoms. The van der Waals surface area contributed by atoms with E-state index < -0.39 is 5.41 Å². The molecule has 0 bridgehead atoms. The minimum Gasteiger partial charge on any atom is -0.310 e. The molecule has 0 saturated carbocycles. The maximum Gasteiger partial charge on any atom is 0.0645 e. The summed E-state index contributed by atoms with van der Waals surface area (Å²) in [4.78, 5) is 4.30. The Morgan fingerprint density at radius 1 is 0.469 bits per heavy atom. The molecule has 0 radical (unpaired) electrons. The molecule has 0 N–H and O–H groups in total. The van der Waals surface area contributed by atoms with Crippen LogP contribution in [0.15, 0.2) is 182 Å². The topological polar surface area (TPSA) is 6.48 Å². The normalized spacial score (nSPS) is 14.4. The molecular weight excluding hydrogens is 593 g/mol. The van der Waals surface area contributed by atoms with E-state index in [4.69, 9.17) is 5.48 Å². The fourth-order valence-corrected chi connectivity index (χ4v) is 7.32. The van der Waals surface area contributed by atoms with E-state index in [9.17, 15) is 0 Å². The summed E-state index contributed by atoms with van der Waals surface area (Å²) in [5, 5.41) is 4.76. The van der Waals surface area contributed by atoms with Crippen LogP contribution >= 0.6 is 0 Å². The number of anilines is 6. The first-order valence-corrected chi connectivity index (χ1v) is 16.7. The molecule has 0 amide bonds. The van der Waals surface area contributed by atoms with Crippen LogP contribution in [-0.2, 0) is 5.41 Å². The first-order valence-electron chi connectivity index (χ1n) is 18.7. The molecule has 9 rings (SSSR count). The lowest BCUT2D eigenvalue weighted by molar-refractivity contribution is 0.632. The van der Waals surface area contributed by atoms with Crippen molar-refractivity contribution in [2.45, 2.75) is 19.3 Å². The van der Waals surface area contributed by atoms with Gasteiger partial charge in [-0.1, -0.05) is 129 Å². The van der Waals surface area contributed by atoms with Crippen LogP contribution in [0.5, 0.6) is 0 Å². The zero-order chi connectivity index (χ0) is 36.4. The molecular formula is C47H36N2. The van der Waals surface area contributed by atoms with Crippen molar-refractivity contribution in [3.8, 4) is 11.1 Å². The van der Waals surface area contributed by atoms with Gasteiger partial charge in [0.1, 0.15) is 0 Å². The summed E-state index contributed by atoms with van der Waals surface area (Å²) < 4.78 is 35.2. The van der Waals surface area contributed by atoms with Gasteiger partial charge in [0.05, 0.1) is 16.9 Å². The Morgan fingerprint density at radius 3 is 1.67 bits per heavy atom. The number of benzene rings is 8. The monoisotopic (exact) mass is 632 g/mol. The lowest BCUT2D eigenvalue weighted by atomic mass is 9.73. The smallest absolute Gasteiger partial charge is 0.0645 e. The second kappa shape index (κ2) is 11.5. The van der Waals surface area contributed by atoms with Crippen LogP contribution in [0, 0.1) is 0 Å². The number of nitrogens with zero attached hydrogens (tertiary/aromatic N) is 2. The van der Waals surface area contributed by atoms with E-state index in [1.807, 2.05) is 35.2 Å². The van der Waals surface area contributed by atoms with Gasteiger partial charge in [-0.05, 0) is 111 Å². The highest BCUT2D eigenvalue weighted by Gasteiger charge is 2.36. The number of fused-ring (bicyclic) bond motifs is 4. The van der Waals surface area contributed by atoms with Gasteiger partial charge in [-0.25, -0.2) is 0 Å². The van der Waals surface area contributed by atoms with Crippen molar-refractivity contribution in [1.29, 1.82) is 0 Å². The van der Waals surface area contributed by atoms with E-state index in [1.54, 1.807) is 0 Å². The summed E-state index contributed by atoms with van der Waals surface area (Å²) in [6, 6.07) is 54.5. The molecule has 2 heteroatoms. The summed E-state index contributed by atoms with van der Waals surface area (Å²) in [5.74, 6) is 0. The standard InChI is InChI=1S/C47H36N2/c1-47(2)43-18-10-11-19-45(43)49(39-16-4-3-5-17-39)46-29-24-38(32-44(46)47)35-20-25-40(26-21-35)48(41-27-22-33-12-6-8-14-36(33)30-41)42-28-23-34-13-7-9-15-37(34)31-42/h3-32H,1-2H3/i10D,11D,18D,19D. The van der Waals surface area contributed by atoms with Crippen molar-refractivity contribution in [3.05, 3.63) is 193 Å². The Morgan fingerprint density at radius 2 is 1.02 bits per heavy atom. The molecule has 0 aliphatic carbocycles. The Balaban J connectivity index is 1.17. The average molecular weight is 633 g/mol. The summed E-state index contributed by atoms with van der Waals surface area (Å²) in [6.07, 6.45) is 0. The third-order valence-electron chi connectivity index (χ3n) is 9.88. The third-order valence-corrected chi connectivity index (χ3v) is 9.88. The summed E-state index contributed by atoms with van der Waals surface area (Å²) in [5.41, 5.74) is 8.40. The van der Waals surface area contributed by atoms with Crippen LogP contribution in [0.4, 0.5) is 34.1 Å². The zero-order valence-corrected chi connectivity index (χ0v) is 27.4. The van der Waals surface area contributed by atoms with E-state index >= 15 is 0 Å². The largest absolute Gasteiger partial charge is 0.310 e. The van der Waals surface area contributed by atoms with E-state index in [0.717, 1.165) is 45.1 Å². The van der Waals surface area contributed by atoms with Crippen LogP contribution < -0.4 is 9.80 Å². The Labute approximate surface area is 293 Å². The van der Waals surface area contributed by atoms with Crippen molar-refractivity contribution in [2.75, 3.05) is 9.80 Å². The molecule has 8 aromatic rings. The molecule has 234 valence electrons. The van der Waals surface area contributed by atoms with Gasteiger partial charge < -0.3 is 9.80 Å². The highest BCUT2D eigenvalue weighted by molar-refractivity contribution is 5.93. The van der Waals surface area contributed by atoms with Crippen LogP contribution in [0.25, 0.3) is 32.7 Å². The van der Waals surface area contributed by atoms with Gasteiger partial charge in [0.25, 0.3) is 0 Å². The minimum atomic E-state index is -0.703. The summed E-state index contributed by atoms with van der Waals surface area (Å²) >= 11 is 0. The van der Waals surface area contributed by atoms with Crippen LogP contribution in [0.2, 0.25) is 0 Å². The molecule has 1 heterocycles. The quantitative estimate of drug-likeness (QED) is 0.186. The Hall–Kier alpha value is -6.12. The second-order valence-corrected chi connectivity index (χ2v) is 13.2. The first-order chi connectivity index (χ1) is 25.7. The fraction of sp³-hybridized carbons (Fsp3) is 0.0638. The van der Waals surface area contributed by atoms with Crippen molar-refractivity contribution in [1.82, 2.24) is 0 Å². The molecule has 1 aliphatic heterocycles. The highest BCUT2D eigenvalue weighted by atomic mass is 15.2. The SMILES string of the molecule is [2H]c1c([2H])c([2H])c2c(c1[2H])N(c1ccccc1)c1ccc(-c3ccc(N(c4ccc5ccccc5c4)c4ccc5ccccc5c4)cc3)cc1C2(C)C. The summed E-state index contributed by atoms with van der Waals surface area (Å²) in [7, 11) is 0. The number of hydrogen-bond donors (Lipinski definition) is 0. The molecule has 2 nitrogen and oxygen atoms in total. The minimum absolute atomic E-state index is 0.00481.